The van der Waals surface area contributed by atoms with Crippen molar-refractivity contribution in [3.8, 4) is 16.6 Å². The molecule has 0 bridgehead atoms. The molecule has 7 heteroatoms. The zero-order chi connectivity index (χ0) is 16.0. The van der Waals surface area contributed by atoms with Crippen LogP contribution in [0.4, 0.5) is 0 Å². The number of rotatable bonds is 3. The number of hydrogen-bond donors (Lipinski definition) is 1. The van der Waals surface area contributed by atoms with Crippen molar-refractivity contribution in [2.45, 2.75) is 26.3 Å². The molecule has 1 atom stereocenters. The van der Waals surface area contributed by atoms with Gasteiger partial charge >= 0.3 is 5.97 Å². The van der Waals surface area contributed by atoms with Crippen LogP contribution in [0, 0.1) is 5.92 Å². The van der Waals surface area contributed by atoms with Gasteiger partial charge in [-0.15, -0.1) is 0 Å². The van der Waals surface area contributed by atoms with Crippen molar-refractivity contribution in [2.75, 3.05) is 7.11 Å². The van der Waals surface area contributed by atoms with Crippen LogP contribution in [-0.4, -0.2) is 27.7 Å². The zero-order valence-electron chi connectivity index (χ0n) is 12.5. The number of methoxy groups -OCH3 is 1. The van der Waals surface area contributed by atoms with Gasteiger partial charge in [-0.05, 0) is 5.92 Å². The van der Waals surface area contributed by atoms with E-state index in [1.165, 1.54) is 23.6 Å². The minimum absolute atomic E-state index is 0.0892. The van der Waals surface area contributed by atoms with Gasteiger partial charge in [-0.3, -0.25) is 4.79 Å². The molecule has 22 heavy (non-hydrogen) atoms. The molecule has 6 nitrogen and oxygen atoms in total. The Labute approximate surface area is 131 Å². The first-order chi connectivity index (χ1) is 10.4. The third-order valence-corrected chi connectivity index (χ3v) is 4.97. The highest BCUT2D eigenvalue weighted by Crippen LogP contribution is 2.41. The lowest BCUT2D eigenvalue weighted by Gasteiger charge is -2.30. The Morgan fingerprint density at radius 2 is 2.27 bits per heavy atom. The van der Waals surface area contributed by atoms with Gasteiger partial charge in [0.15, 0.2) is 5.43 Å². The Bertz CT molecular complexity index is 806. The van der Waals surface area contributed by atoms with Gasteiger partial charge in [-0.25, -0.2) is 9.78 Å². The Hall–Kier alpha value is -2.15. The molecule has 0 fully saturated rings. The molecule has 0 aliphatic carbocycles. The summed E-state index contributed by atoms with van der Waals surface area (Å²) >= 11 is 1.47. The van der Waals surface area contributed by atoms with Crippen LogP contribution < -0.4 is 10.2 Å². The summed E-state index contributed by atoms with van der Waals surface area (Å²) in [6.45, 7) is 4.16. The predicted octanol–water partition coefficient (Wildman–Crippen LogP) is 2.43. The summed E-state index contributed by atoms with van der Waals surface area (Å²) in [5, 5.41) is 9.73. The first-order valence-electron chi connectivity index (χ1n) is 6.96. The third kappa shape index (κ3) is 2.21. The fourth-order valence-corrected chi connectivity index (χ4v) is 3.71. The van der Waals surface area contributed by atoms with E-state index in [0.29, 0.717) is 22.5 Å². The van der Waals surface area contributed by atoms with Crippen LogP contribution in [0.3, 0.4) is 0 Å². The van der Waals surface area contributed by atoms with E-state index in [0.717, 1.165) is 11.3 Å². The summed E-state index contributed by atoms with van der Waals surface area (Å²) in [7, 11) is 1.56. The molecule has 3 rings (SSSR count). The molecule has 0 saturated heterocycles. The number of ether oxygens (including phenoxy) is 1. The molecule has 2 aromatic heterocycles. The molecule has 1 unspecified atom stereocenters. The number of nitrogens with zero attached hydrogens (tertiary/aromatic N) is 2. The fourth-order valence-electron chi connectivity index (χ4n) is 2.78. The maximum absolute atomic E-state index is 12.0. The van der Waals surface area contributed by atoms with Gasteiger partial charge in [0.2, 0.25) is 0 Å². The monoisotopic (exact) mass is 320 g/mol. The van der Waals surface area contributed by atoms with Crippen LogP contribution >= 0.6 is 11.3 Å². The number of hydrogen-bond acceptors (Lipinski definition) is 5. The number of aromatic carboxylic acids is 1. The van der Waals surface area contributed by atoms with Crippen molar-refractivity contribution in [1.29, 1.82) is 0 Å². The number of aromatic nitrogens is 2. The fraction of sp³-hybridized carbons (Fsp3) is 0.400. The van der Waals surface area contributed by atoms with Crippen LogP contribution in [0.2, 0.25) is 0 Å². The van der Waals surface area contributed by atoms with Gasteiger partial charge in [0.1, 0.15) is 11.3 Å². The summed E-state index contributed by atoms with van der Waals surface area (Å²) in [4.78, 5) is 28.8. The number of carboxylic acids is 1. The molecule has 2 aromatic rings. The second kappa shape index (κ2) is 5.24. The lowest BCUT2D eigenvalue weighted by molar-refractivity contribution is 0.0694. The average molecular weight is 320 g/mol. The van der Waals surface area contributed by atoms with E-state index in [9.17, 15) is 14.7 Å². The summed E-state index contributed by atoms with van der Waals surface area (Å²) in [6, 6.07) is 1.46. The van der Waals surface area contributed by atoms with Crippen LogP contribution in [0.15, 0.2) is 17.1 Å². The lowest BCUT2D eigenvalue weighted by Crippen LogP contribution is -2.27. The topological polar surface area (TPSA) is 81.4 Å². The molecule has 1 aliphatic heterocycles. The maximum Gasteiger partial charge on any atom is 0.341 e. The molecular formula is C15H16N2O4S. The maximum atomic E-state index is 12.0. The summed E-state index contributed by atoms with van der Waals surface area (Å²) in [6.07, 6.45) is 2.20. The zero-order valence-corrected chi connectivity index (χ0v) is 13.3. The molecule has 0 aromatic carbocycles. The molecule has 3 heterocycles. The Balaban J connectivity index is 2.27. The van der Waals surface area contributed by atoms with Gasteiger partial charge in [0, 0.05) is 29.6 Å². The molecule has 116 valence electrons. The largest absolute Gasteiger partial charge is 0.477 e. The van der Waals surface area contributed by atoms with E-state index in [1.54, 1.807) is 7.11 Å². The van der Waals surface area contributed by atoms with Crippen molar-refractivity contribution in [3.05, 3.63) is 32.9 Å². The van der Waals surface area contributed by atoms with Gasteiger partial charge in [0.25, 0.3) is 5.19 Å². The van der Waals surface area contributed by atoms with Crippen molar-refractivity contribution in [1.82, 2.24) is 9.55 Å². The first kappa shape index (κ1) is 14.8. The highest BCUT2D eigenvalue weighted by molar-refractivity contribution is 7.13. The average Bonchev–Trinajstić information content (AvgIpc) is 2.88. The first-order valence-corrected chi connectivity index (χ1v) is 7.77. The van der Waals surface area contributed by atoms with Gasteiger partial charge in [0.05, 0.1) is 12.8 Å². The SMILES string of the molecule is COc1nc2c(s1)CC(C(C)C)n1cc(C(=O)O)c(=O)cc1-2. The van der Waals surface area contributed by atoms with Crippen molar-refractivity contribution in [2.24, 2.45) is 5.92 Å². The van der Waals surface area contributed by atoms with E-state index in [-0.39, 0.29) is 11.6 Å². The van der Waals surface area contributed by atoms with E-state index < -0.39 is 11.4 Å². The van der Waals surface area contributed by atoms with E-state index in [4.69, 9.17) is 4.74 Å². The van der Waals surface area contributed by atoms with Gasteiger partial charge < -0.3 is 14.4 Å². The summed E-state index contributed by atoms with van der Waals surface area (Å²) < 4.78 is 7.07. The Morgan fingerprint density at radius 1 is 1.55 bits per heavy atom. The van der Waals surface area contributed by atoms with Gasteiger partial charge in [-0.1, -0.05) is 25.2 Å². The van der Waals surface area contributed by atoms with E-state index >= 15 is 0 Å². The van der Waals surface area contributed by atoms with Crippen LogP contribution in [-0.2, 0) is 6.42 Å². The molecule has 1 aliphatic rings. The number of pyridine rings is 1. The summed E-state index contributed by atoms with van der Waals surface area (Å²) in [5.41, 5.74) is 0.670. The quantitative estimate of drug-likeness (QED) is 0.939. The number of fused-ring (bicyclic) bond motifs is 3. The molecule has 0 saturated carbocycles. The van der Waals surface area contributed by atoms with Gasteiger partial charge in [-0.2, -0.15) is 0 Å². The highest BCUT2D eigenvalue weighted by Gasteiger charge is 2.30. The lowest BCUT2D eigenvalue weighted by atomic mass is 9.94. The predicted molar refractivity (Wildman–Crippen MR) is 82.9 cm³/mol. The normalized spacial score (nSPS) is 16.3. The highest BCUT2D eigenvalue weighted by atomic mass is 32.1. The minimum Gasteiger partial charge on any atom is -0.477 e. The second-order valence-electron chi connectivity index (χ2n) is 5.62. The van der Waals surface area contributed by atoms with Crippen molar-refractivity contribution < 1.29 is 14.6 Å². The third-order valence-electron chi connectivity index (χ3n) is 3.93. The van der Waals surface area contributed by atoms with Crippen molar-refractivity contribution in [3.63, 3.8) is 0 Å². The van der Waals surface area contributed by atoms with E-state index in [2.05, 4.69) is 18.8 Å². The number of carbonyl (C=O) groups is 1. The molecule has 1 N–H and O–H groups in total. The van der Waals surface area contributed by atoms with Crippen molar-refractivity contribution >= 4 is 17.3 Å². The molecule has 0 radical (unpaired) electrons. The minimum atomic E-state index is -1.20. The van der Waals surface area contributed by atoms with Crippen LogP contribution in [0.25, 0.3) is 11.4 Å². The molecule has 0 amide bonds. The standard InChI is InChI=1S/C15H16N2O4S/c1-7(2)9-5-12-13(16-15(21-3)22-12)10-4-11(18)8(14(19)20)6-17(9)10/h4,6-7,9H,5H2,1-3H3,(H,19,20). The second-order valence-corrected chi connectivity index (χ2v) is 6.67. The van der Waals surface area contributed by atoms with Crippen LogP contribution in [0.5, 0.6) is 5.19 Å². The Kier molecular flexibility index (Phi) is 3.52. The number of carboxylic acid groups (broad SMARTS) is 1. The number of thiazole rings is 1. The smallest absolute Gasteiger partial charge is 0.341 e. The molecular weight excluding hydrogens is 304 g/mol. The summed E-state index contributed by atoms with van der Waals surface area (Å²) in [5.74, 6) is -0.909. The Morgan fingerprint density at radius 3 is 2.86 bits per heavy atom. The molecule has 0 spiro atoms. The van der Waals surface area contributed by atoms with Crippen LogP contribution in [0.1, 0.15) is 35.1 Å². The van der Waals surface area contributed by atoms with E-state index in [1.807, 2.05) is 4.57 Å².